The monoisotopic (exact) mass is 262 g/mol. The molecule has 0 amide bonds. The number of carbonyl (C=O) groups excluding carboxylic acids is 1. The summed E-state index contributed by atoms with van der Waals surface area (Å²) in [5, 5.41) is 9.06. The molecule has 19 heavy (non-hydrogen) atoms. The maximum absolute atomic E-state index is 12.4. The van der Waals surface area contributed by atoms with Crippen LogP contribution in [0.15, 0.2) is 24.3 Å². The van der Waals surface area contributed by atoms with Crippen molar-refractivity contribution in [2.24, 2.45) is 11.8 Å². The first kappa shape index (κ1) is 13.6. The van der Waals surface area contributed by atoms with Crippen molar-refractivity contribution in [3.05, 3.63) is 29.8 Å². The van der Waals surface area contributed by atoms with E-state index in [1.54, 1.807) is 31.4 Å². The smallest absolute Gasteiger partial charge is 0.306 e. The van der Waals surface area contributed by atoms with Gasteiger partial charge in [0.25, 0.3) is 0 Å². The van der Waals surface area contributed by atoms with E-state index in [9.17, 15) is 9.59 Å². The van der Waals surface area contributed by atoms with Crippen molar-refractivity contribution < 1.29 is 19.4 Å². The molecular weight excluding hydrogens is 244 g/mol. The van der Waals surface area contributed by atoms with Crippen LogP contribution in [0.4, 0.5) is 0 Å². The number of benzene rings is 1. The summed E-state index contributed by atoms with van der Waals surface area (Å²) < 4.78 is 5.11. The highest BCUT2D eigenvalue weighted by atomic mass is 16.5. The summed E-state index contributed by atoms with van der Waals surface area (Å²) in [7, 11) is 1.56. The molecule has 0 saturated heterocycles. The van der Waals surface area contributed by atoms with Gasteiger partial charge in [0, 0.05) is 11.5 Å². The Morgan fingerprint density at radius 1 is 1.26 bits per heavy atom. The molecule has 0 aromatic heterocycles. The molecule has 1 aromatic rings. The molecule has 1 aromatic carbocycles. The second-order valence-electron chi connectivity index (χ2n) is 4.99. The van der Waals surface area contributed by atoms with Crippen molar-refractivity contribution in [2.45, 2.75) is 25.7 Å². The molecule has 0 unspecified atom stereocenters. The molecule has 102 valence electrons. The Hall–Kier alpha value is -1.84. The SMILES string of the molecule is COc1cccc(C(=O)[C@@H]2CCC[C@H](C(=O)O)C2)c1. The number of aliphatic carboxylic acids is 1. The molecule has 2 rings (SSSR count). The van der Waals surface area contributed by atoms with E-state index in [-0.39, 0.29) is 17.6 Å². The van der Waals surface area contributed by atoms with Crippen LogP contribution in [0.3, 0.4) is 0 Å². The van der Waals surface area contributed by atoms with Crippen LogP contribution >= 0.6 is 0 Å². The van der Waals surface area contributed by atoms with Crippen LogP contribution in [0, 0.1) is 11.8 Å². The summed E-state index contributed by atoms with van der Waals surface area (Å²) in [6.07, 6.45) is 2.71. The third kappa shape index (κ3) is 3.13. The highest BCUT2D eigenvalue weighted by Gasteiger charge is 2.31. The van der Waals surface area contributed by atoms with Crippen molar-refractivity contribution in [1.82, 2.24) is 0 Å². The molecule has 1 fully saturated rings. The number of Topliss-reactive ketones (excluding diaryl/α,β-unsaturated/α-hetero) is 1. The molecule has 0 heterocycles. The van der Waals surface area contributed by atoms with Gasteiger partial charge in [-0.2, -0.15) is 0 Å². The van der Waals surface area contributed by atoms with Crippen LogP contribution in [0.5, 0.6) is 5.75 Å². The minimum atomic E-state index is -0.789. The van der Waals surface area contributed by atoms with Crippen LogP contribution in [0.1, 0.15) is 36.0 Å². The Bertz CT molecular complexity index is 481. The lowest BCUT2D eigenvalue weighted by atomic mass is 9.78. The molecule has 0 bridgehead atoms. The maximum atomic E-state index is 12.4. The van der Waals surface area contributed by atoms with Gasteiger partial charge in [-0.3, -0.25) is 9.59 Å². The lowest BCUT2D eigenvalue weighted by molar-refractivity contribution is -0.143. The summed E-state index contributed by atoms with van der Waals surface area (Å²) in [4.78, 5) is 23.4. The first-order chi connectivity index (χ1) is 9.11. The van der Waals surface area contributed by atoms with Crippen molar-refractivity contribution in [2.75, 3.05) is 7.11 Å². The second-order valence-corrected chi connectivity index (χ2v) is 4.99. The molecular formula is C15H18O4. The molecule has 1 N–H and O–H groups in total. The van der Waals surface area contributed by atoms with Gasteiger partial charge in [-0.1, -0.05) is 18.6 Å². The van der Waals surface area contributed by atoms with Crippen molar-refractivity contribution in [1.29, 1.82) is 0 Å². The van der Waals surface area contributed by atoms with Gasteiger partial charge in [0.1, 0.15) is 5.75 Å². The number of rotatable bonds is 4. The highest BCUT2D eigenvalue weighted by molar-refractivity contribution is 5.98. The zero-order valence-corrected chi connectivity index (χ0v) is 11.0. The minimum Gasteiger partial charge on any atom is -0.497 e. The van der Waals surface area contributed by atoms with E-state index < -0.39 is 5.97 Å². The molecule has 1 saturated carbocycles. The Morgan fingerprint density at radius 3 is 2.68 bits per heavy atom. The van der Waals surface area contributed by atoms with Gasteiger partial charge in [0.15, 0.2) is 5.78 Å². The van der Waals surface area contributed by atoms with Gasteiger partial charge in [0.2, 0.25) is 0 Å². The quantitative estimate of drug-likeness (QED) is 0.847. The van der Waals surface area contributed by atoms with Crippen LogP contribution in [-0.4, -0.2) is 24.0 Å². The fraction of sp³-hybridized carbons (Fsp3) is 0.467. The van der Waals surface area contributed by atoms with Gasteiger partial charge in [-0.25, -0.2) is 0 Å². The standard InChI is InChI=1S/C15H18O4/c1-19-13-7-3-5-11(9-13)14(16)10-4-2-6-12(8-10)15(17)18/h3,5,7,9-10,12H,2,4,6,8H2,1H3,(H,17,18)/t10-,12+/m1/s1. The Labute approximate surface area is 112 Å². The summed E-state index contributed by atoms with van der Waals surface area (Å²) in [5.74, 6) is -0.667. The number of hydrogen-bond acceptors (Lipinski definition) is 3. The first-order valence-electron chi connectivity index (χ1n) is 6.53. The van der Waals surface area contributed by atoms with Gasteiger partial charge in [-0.05, 0) is 31.4 Å². The van der Waals surface area contributed by atoms with Gasteiger partial charge in [-0.15, -0.1) is 0 Å². The molecule has 0 aliphatic heterocycles. The molecule has 2 atom stereocenters. The third-order valence-corrected chi connectivity index (χ3v) is 3.75. The second kappa shape index (κ2) is 5.87. The fourth-order valence-electron chi connectivity index (χ4n) is 2.66. The fourth-order valence-corrected chi connectivity index (χ4v) is 2.66. The summed E-state index contributed by atoms with van der Waals surface area (Å²) in [5.41, 5.74) is 0.607. The van der Waals surface area contributed by atoms with Crippen molar-refractivity contribution in [3.63, 3.8) is 0 Å². The molecule has 4 heteroatoms. The molecule has 0 radical (unpaired) electrons. The number of carbonyl (C=O) groups is 2. The van der Waals surface area contributed by atoms with E-state index in [0.29, 0.717) is 24.2 Å². The topological polar surface area (TPSA) is 63.6 Å². The lowest BCUT2D eigenvalue weighted by Gasteiger charge is -2.25. The van der Waals surface area contributed by atoms with Crippen LogP contribution in [-0.2, 0) is 4.79 Å². The number of carboxylic acids is 1. The van der Waals surface area contributed by atoms with Gasteiger partial charge < -0.3 is 9.84 Å². The van der Waals surface area contributed by atoms with E-state index in [0.717, 1.165) is 12.8 Å². The van der Waals surface area contributed by atoms with Crippen LogP contribution in [0.25, 0.3) is 0 Å². The van der Waals surface area contributed by atoms with Crippen molar-refractivity contribution >= 4 is 11.8 Å². The highest BCUT2D eigenvalue weighted by Crippen LogP contribution is 2.32. The zero-order chi connectivity index (χ0) is 13.8. The van der Waals surface area contributed by atoms with Gasteiger partial charge in [0.05, 0.1) is 13.0 Å². The number of hydrogen-bond donors (Lipinski definition) is 1. The largest absolute Gasteiger partial charge is 0.497 e. The predicted octanol–water partition coefficient (Wildman–Crippen LogP) is 2.77. The Morgan fingerprint density at radius 2 is 2.00 bits per heavy atom. The average molecular weight is 262 g/mol. The number of methoxy groups -OCH3 is 1. The van der Waals surface area contributed by atoms with Gasteiger partial charge >= 0.3 is 5.97 Å². The average Bonchev–Trinajstić information content (AvgIpc) is 2.46. The van der Waals surface area contributed by atoms with E-state index in [1.165, 1.54) is 0 Å². The first-order valence-corrected chi connectivity index (χ1v) is 6.53. The normalized spacial score (nSPS) is 22.8. The zero-order valence-electron chi connectivity index (χ0n) is 11.0. The number of ketones is 1. The third-order valence-electron chi connectivity index (χ3n) is 3.75. The Kier molecular flexibility index (Phi) is 4.20. The Balaban J connectivity index is 2.12. The van der Waals surface area contributed by atoms with Crippen LogP contribution in [0.2, 0.25) is 0 Å². The van der Waals surface area contributed by atoms with Crippen LogP contribution < -0.4 is 4.74 Å². The minimum absolute atomic E-state index is 0.0323. The van der Waals surface area contributed by atoms with E-state index >= 15 is 0 Å². The van der Waals surface area contributed by atoms with E-state index in [1.807, 2.05) is 0 Å². The molecule has 0 spiro atoms. The molecule has 1 aliphatic rings. The van der Waals surface area contributed by atoms with E-state index in [4.69, 9.17) is 9.84 Å². The number of ether oxygens (including phenoxy) is 1. The number of carboxylic acid groups (broad SMARTS) is 1. The molecule has 1 aliphatic carbocycles. The van der Waals surface area contributed by atoms with E-state index in [2.05, 4.69) is 0 Å². The summed E-state index contributed by atoms with van der Waals surface area (Å²) in [6, 6.07) is 7.04. The lowest BCUT2D eigenvalue weighted by Crippen LogP contribution is -2.27. The maximum Gasteiger partial charge on any atom is 0.306 e. The molecule has 4 nitrogen and oxygen atoms in total. The predicted molar refractivity (Wildman–Crippen MR) is 70.4 cm³/mol. The van der Waals surface area contributed by atoms with Crippen molar-refractivity contribution in [3.8, 4) is 5.75 Å². The summed E-state index contributed by atoms with van der Waals surface area (Å²) in [6.45, 7) is 0. The summed E-state index contributed by atoms with van der Waals surface area (Å²) >= 11 is 0.